The Morgan fingerprint density at radius 2 is 2.30 bits per heavy atom. The number of fused-ring (bicyclic) bond motifs is 3. The number of carbonyl (C=O) groups is 1. The van der Waals surface area contributed by atoms with Gasteiger partial charge in [0, 0.05) is 28.6 Å². The van der Waals surface area contributed by atoms with Crippen molar-refractivity contribution in [1.82, 2.24) is 19.9 Å². The third-order valence-electron chi connectivity index (χ3n) is 4.29. The molecule has 1 aliphatic heterocycles. The van der Waals surface area contributed by atoms with Crippen molar-refractivity contribution in [2.24, 2.45) is 0 Å². The molecule has 0 saturated carbocycles. The average Bonchev–Trinajstić information content (AvgIpc) is 3.04. The number of alkyl halides is 1. The van der Waals surface area contributed by atoms with Crippen LogP contribution in [0.4, 0.5) is 11.5 Å². The second-order valence-corrected chi connectivity index (χ2v) is 8.08. The second kappa shape index (κ2) is 7.92. The summed E-state index contributed by atoms with van der Waals surface area (Å²) in [7, 11) is 0. The summed E-state index contributed by atoms with van der Waals surface area (Å²) < 4.78 is 0. The topological polar surface area (TPSA) is 71.0 Å². The van der Waals surface area contributed by atoms with Gasteiger partial charge in [-0.25, -0.2) is 15.0 Å². The van der Waals surface area contributed by atoms with Gasteiger partial charge in [-0.3, -0.25) is 4.79 Å². The fourth-order valence-electron chi connectivity index (χ4n) is 3.08. The summed E-state index contributed by atoms with van der Waals surface area (Å²) >= 11 is 10.9. The first-order valence-corrected chi connectivity index (χ1v) is 10.6. The van der Waals surface area contributed by atoms with Crippen molar-refractivity contribution in [1.29, 1.82) is 0 Å². The number of nitrogens with one attached hydrogen (secondary N) is 1. The number of pyridine rings is 1. The summed E-state index contributed by atoms with van der Waals surface area (Å²) in [5.41, 5.74) is 2.04. The van der Waals surface area contributed by atoms with E-state index in [1.807, 2.05) is 17.0 Å². The molecule has 1 N–H and O–H groups in total. The fourth-order valence-corrected chi connectivity index (χ4v) is 4.64. The lowest BCUT2D eigenvalue weighted by Crippen LogP contribution is -2.34. The predicted molar refractivity (Wildman–Crippen MR) is 112 cm³/mol. The zero-order valence-corrected chi connectivity index (χ0v) is 17.3. The molecule has 9 heteroatoms. The van der Waals surface area contributed by atoms with Crippen LogP contribution in [0.15, 0.2) is 36.8 Å². The van der Waals surface area contributed by atoms with E-state index in [1.54, 1.807) is 36.0 Å². The first kappa shape index (κ1) is 18.3. The summed E-state index contributed by atoms with van der Waals surface area (Å²) in [6.45, 7) is 1.28. The molecule has 0 aromatic carbocycles. The number of hydrogen-bond donors (Lipinski definition) is 1. The molecule has 27 heavy (non-hydrogen) atoms. The van der Waals surface area contributed by atoms with Crippen molar-refractivity contribution in [3.05, 3.63) is 52.4 Å². The number of carbonyl (C=O) groups excluding carboxylic acids is 1. The minimum Gasteiger partial charge on any atom is -0.339 e. The van der Waals surface area contributed by atoms with Crippen LogP contribution in [-0.2, 0) is 17.8 Å². The van der Waals surface area contributed by atoms with Gasteiger partial charge in [0.2, 0.25) is 5.91 Å². The lowest BCUT2D eigenvalue weighted by atomic mass is 10.0. The molecule has 0 unspecified atom stereocenters. The maximum atomic E-state index is 12.3. The van der Waals surface area contributed by atoms with Crippen molar-refractivity contribution in [2.45, 2.75) is 13.0 Å². The van der Waals surface area contributed by atoms with E-state index < -0.39 is 0 Å². The van der Waals surface area contributed by atoms with E-state index in [1.165, 1.54) is 5.56 Å². The number of rotatable bonds is 4. The Hall–Kier alpha value is -2.03. The molecule has 1 amide bonds. The molecule has 0 radical (unpaired) electrons. The van der Waals surface area contributed by atoms with E-state index >= 15 is 0 Å². The predicted octanol–water partition coefficient (Wildman–Crippen LogP) is 4.32. The summed E-state index contributed by atoms with van der Waals surface area (Å²) in [5.74, 6) is 0.784. The van der Waals surface area contributed by atoms with E-state index in [-0.39, 0.29) is 5.91 Å². The van der Waals surface area contributed by atoms with Crippen molar-refractivity contribution >= 4 is 66.5 Å². The Balaban J connectivity index is 1.67. The Bertz CT molecular complexity index is 1040. The number of amides is 1. The summed E-state index contributed by atoms with van der Waals surface area (Å²) in [6, 6.07) is 3.60. The number of thiophene rings is 1. The Morgan fingerprint density at radius 3 is 3.11 bits per heavy atom. The molecule has 0 bridgehead atoms. The van der Waals surface area contributed by atoms with Gasteiger partial charge in [0.1, 0.15) is 22.1 Å². The van der Waals surface area contributed by atoms with Crippen LogP contribution >= 0.6 is 38.9 Å². The zero-order chi connectivity index (χ0) is 18.8. The van der Waals surface area contributed by atoms with Crippen LogP contribution in [0.25, 0.3) is 10.2 Å². The third kappa shape index (κ3) is 3.83. The quantitative estimate of drug-likeness (QED) is 0.354. The van der Waals surface area contributed by atoms with Gasteiger partial charge >= 0.3 is 0 Å². The first-order valence-electron chi connectivity index (χ1n) is 8.31. The smallest absolute Gasteiger partial charge is 0.246 e. The molecule has 3 aromatic heterocycles. The van der Waals surface area contributed by atoms with Crippen molar-refractivity contribution in [3.8, 4) is 0 Å². The monoisotopic (exact) mass is 463 g/mol. The Morgan fingerprint density at radius 1 is 1.41 bits per heavy atom. The molecule has 0 aliphatic carbocycles. The molecule has 3 aromatic rings. The van der Waals surface area contributed by atoms with Gasteiger partial charge in [-0.2, -0.15) is 0 Å². The molecule has 0 atom stereocenters. The van der Waals surface area contributed by atoms with Crippen LogP contribution in [0.3, 0.4) is 0 Å². The standard InChI is InChI=1S/C18H15BrClN5OS/c19-5-1-2-15(26)25-7-4-12-13(9-25)27-18-16(12)17(22-10-23-18)24-11-3-6-21-14(20)8-11/h1-3,6,8,10H,4-5,7,9H2,(H,21,22,23,24)/b2-1+. The van der Waals surface area contributed by atoms with Crippen molar-refractivity contribution in [3.63, 3.8) is 0 Å². The van der Waals surface area contributed by atoms with Gasteiger partial charge in [-0.05, 0) is 30.2 Å². The zero-order valence-electron chi connectivity index (χ0n) is 14.2. The fraction of sp³-hybridized carbons (Fsp3) is 0.222. The molecule has 4 heterocycles. The van der Waals surface area contributed by atoms with Crippen LogP contribution < -0.4 is 5.32 Å². The SMILES string of the molecule is O=C(/C=C/CBr)N1CCc2c(sc3ncnc(Nc4ccnc(Cl)c4)c23)C1. The minimum atomic E-state index is 0.0356. The molecule has 138 valence electrons. The summed E-state index contributed by atoms with van der Waals surface area (Å²) in [4.78, 5) is 29.1. The van der Waals surface area contributed by atoms with Crippen LogP contribution in [0.2, 0.25) is 5.15 Å². The molecule has 0 fully saturated rings. The van der Waals surface area contributed by atoms with Crippen LogP contribution in [0.1, 0.15) is 10.4 Å². The van der Waals surface area contributed by atoms with E-state index in [0.29, 0.717) is 23.6 Å². The second-order valence-electron chi connectivity index (χ2n) is 5.96. The molecular weight excluding hydrogens is 450 g/mol. The molecule has 0 spiro atoms. The molecule has 4 rings (SSSR count). The van der Waals surface area contributed by atoms with Crippen LogP contribution in [0, 0.1) is 0 Å². The lowest BCUT2D eigenvalue weighted by Gasteiger charge is -2.26. The maximum absolute atomic E-state index is 12.3. The van der Waals surface area contributed by atoms with Gasteiger partial charge in [-0.15, -0.1) is 11.3 Å². The highest BCUT2D eigenvalue weighted by atomic mass is 79.9. The average molecular weight is 465 g/mol. The van der Waals surface area contributed by atoms with E-state index in [9.17, 15) is 4.79 Å². The van der Waals surface area contributed by atoms with Gasteiger partial charge in [0.05, 0.1) is 11.9 Å². The summed E-state index contributed by atoms with van der Waals surface area (Å²) in [6.07, 6.45) is 7.42. The highest BCUT2D eigenvalue weighted by molar-refractivity contribution is 9.09. The largest absolute Gasteiger partial charge is 0.339 e. The van der Waals surface area contributed by atoms with Crippen LogP contribution in [0.5, 0.6) is 0 Å². The molecule has 0 saturated heterocycles. The van der Waals surface area contributed by atoms with Gasteiger partial charge in [0.15, 0.2) is 0 Å². The Labute approximate surface area is 173 Å². The maximum Gasteiger partial charge on any atom is 0.246 e. The normalized spacial score (nSPS) is 13.9. The first-order chi connectivity index (χ1) is 13.2. The highest BCUT2D eigenvalue weighted by Crippen LogP contribution is 2.38. The van der Waals surface area contributed by atoms with Crippen molar-refractivity contribution in [2.75, 3.05) is 17.2 Å². The number of anilines is 2. The van der Waals surface area contributed by atoms with Crippen LogP contribution in [-0.4, -0.2) is 37.6 Å². The number of hydrogen-bond acceptors (Lipinski definition) is 6. The molecule has 1 aliphatic rings. The Kier molecular flexibility index (Phi) is 5.38. The third-order valence-corrected chi connectivity index (χ3v) is 5.99. The van der Waals surface area contributed by atoms with E-state index in [2.05, 4.69) is 36.2 Å². The highest BCUT2D eigenvalue weighted by Gasteiger charge is 2.25. The number of allylic oxidation sites excluding steroid dienone is 1. The van der Waals surface area contributed by atoms with E-state index in [0.717, 1.165) is 33.0 Å². The van der Waals surface area contributed by atoms with Gasteiger partial charge in [-0.1, -0.05) is 33.6 Å². The number of halogens is 2. The molecular formula is C18H15BrClN5OS. The molecule has 6 nitrogen and oxygen atoms in total. The van der Waals surface area contributed by atoms with Gasteiger partial charge in [0.25, 0.3) is 0 Å². The lowest BCUT2D eigenvalue weighted by molar-refractivity contribution is -0.126. The van der Waals surface area contributed by atoms with Crippen molar-refractivity contribution < 1.29 is 4.79 Å². The van der Waals surface area contributed by atoms with E-state index in [4.69, 9.17) is 11.6 Å². The minimum absolute atomic E-state index is 0.0356. The number of nitrogens with zero attached hydrogens (tertiary/aromatic N) is 4. The number of aromatic nitrogens is 3. The summed E-state index contributed by atoms with van der Waals surface area (Å²) in [5, 5.41) is 5.43. The van der Waals surface area contributed by atoms with Gasteiger partial charge < -0.3 is 10.2 Å².